The fraction of sp³-hybridized carbons (Fsp3) is 0.135. The molecule has 2 aliphatic heterocycles. The molecule has 0 N–H and O–H groups in total. The molecule has 0 amide bonds. The Morgan fingerprint density at radius 1 is 0.791 bits per heavy atom. The highest BCUT2D eigenvalue weighted by molar-refractivity contribution is 5.77. The third kappa shape index (κ3) is 4.34. The SMILES string of the molecule is CC1(C)c2ccccc2N2Cc3cc([N+](=O)[O-])ccc3OC21/C=C/c1ccc(N(c2ccccc2)c2ccccc2)cc1. The first-order valence-electron chi connectivity index (χ1n) is 14.4. The smallest absolute Gasteiger partial charge is 0.270 e. The Morgan fingerprint density at radius 2 is 1.40 bits per heavy atom. The number of fused-ring (bicyclic) bond motifs is 4. The molecule has 43 heavy (non-hydrogen) atoms. The highest BCUT2D eigenvalue weighted by Crippen LogP contribution is 2.56. The van der Waals surface area contributed by atoms with E-state index in [-0.39, 0.29) is 10.6 Å². The molecule has 0 saturated heterocycles. The number of nitro benzene ring substituents is 1. The van der Waals surface area contributed by atoms with Crippen molar-refractivity contribution in [2.24, 2.45) is 0 Å². The Kier molecular flexibility index (Phi) is 6.28. The number of benzene rings is 5. The third-order valence-electron chi connectivity index (χ3n) is 8.70. The maximum atomic E-state index is 11.5. The summed E-state index contributed by atoms with van der Waals surface area (Å²) >= 11 is 0. The molecule has 7 rings (SSSR count). The zero-order valence-electron chi connectivity index (χ0n) is 24.1. The summed E-state index contributed by atoms with van der Waals surface area (Å²) in [7, 11) is 0. The first-order chi connectivity index (χ1) is 20.9. The van der Waals surface area contributed by atoms with Crippen LogP contribution in [-0.2, 0) is 12.0 Å². The van der Waals surface area contributed by atoms with E-state index in [1.54, 1.807) is 12.1 Å². The van der Waals surface area contributed by atoms with E-state index in [9.17, 15) is 10.1 Å². The number of nitro groups is 1. The second-order valence-corrected chi connectivity index (χ2v) is 11.5. The topological polar surface area (TPSA) is 58.9 Å². The summed E-state index contributed by atoms with van der Waals surface area (Å²) in [6, 6.07) is 42.5. The predicted molar refractivity (Wildman–Crippen MR) is 172 cm³/mol. The van der Waals surface area contributed by atoms with Gasteiger partial charge >= 0.3 is 0 Å². The summed E-state index contributed by atoms with van der Waals surface area (Å²) in [6.07, 6.45) is 4.27. The molecule has 0 spiro atoms. The fourth-order valence-electron chi connectivity index (χ4n) is 6.45. The molecule has 2 aliphatic rings. The van der Waals surface area contributed by atoms with Crippen LogP contribution in [0.2, 0.25) is 0 Å². The summed E-state index contributed by atoms with van der Waals surface area (Å²) < 4.78 is 6.88. The summed E-state index contributed by atoms with van der Waals surface area (Å²) in [4.78, 5) is 15.6. The molecule has 1 atom stereocenters. The molecule has 212 valence electrons. The molecular weight excluding hydrogens is 534 g/mol. The van der Waals surface area contributed by atoms with Gasteiger partial charge in [0.25, 0.3) is 5.69 Å². The molecule has 5 aromatic carbocycles. The van der Waals surface area contributed by atoms with Crippen LogP contribution in [0.1, 0.15) is 30.5 Å². The van der Waals surface area contributed by atoms with Gasteiger partial charge in [0.05, 0.1) is 16.9 Å². The van der Waals surface area contributed by atoms with E-state index in [4.69, 9.17) is 4.74 Å². The molecular formula is C37H31N3O3. The molecule has 0 fully saturated rings. The molecule has 0 aliphatic carbocycles. The highest BCUT2D eigenvalue weighted by atomic mass is 16.6. The van der Waals surface area contributed by atoms with Gasteiger partial charge in [-0.3, -0.25) is 10.1 Å². The van der Waals surface area contributed by atoms with Crippen molar-refractivity contribution in [3.63, 3.8) is 0 Å². The zero-order chi connectivity index (χ0) is 29.6. The van der Waals surface area contributed by atoms with Gasteiger partial charge in [0, 0.05) is 40.4 Å². The fourth-order valence-corrected chi connectivity index (χ4v) is 6.45. The van der Waals surface area contributed by atoms with Crippen molar-refractivity contribution in [3.8, 4) is 5.75 Å². The largest absolute Gasteiger partial charge is 0.463 e. The summed E-state index contributed by atoms with van der Waals surface area (Å²) in [5.41, 5.74) is 6.18. The van der Waals surface area contributed by atoms with Crippen molar-refractivity contribution in [1.29, 1.82) is 0 Å². The molecule has 5 aromatic rings. The van der Waals surface area contributed by atoms with Crippen molar-refractivity contribution >= 4 is 34.5 Å². The Labute approximate surface area is 251 Å². The van der Waals surface area contributed by atoms with E-state index in [1.807, 2.05) is 18.2 Å². The van der Waals surface area contributed by atoms with Gasteiger partial charge in [-0.2, -0.15) is 0 Å². The lowest BCUT2D eigenvalue weighted by atomic mass is 9.76. The number of nitrogens with zero attached hydrogens (tertiary/aromatic N) is 3. The molecule has 2 heterocycles. The lowest BCUT2D eigenvalue weighted by Gasteiger charge is -2.48. The quantitative estimate of drug-likeness (QED) is 0.152. The number of hydrogen-bond donors (Lipinski definition) is 0. The standard InChI is InChI=1S/C37H31N3O3/c1-36(2)33-15-9-10-16-34(33)38-26-28-25-32(40(41)42)21-22-35(28)43-37(36,38)24-23-27-17-19-31(20-18-27)39(29-11-5-3-6-12-29)30-13-7-4-8-14-30/h3-25H,26H2,1-2H3/b24-23+. The monoisotopic (exact) mass is 565 g/mol. The zero-order valence-corrected chi connectivity index (χ0v) is 24.1. The Morgan fingerprint density at radius 3 is 2.05 bits per heavy atom. The average Bonchev–Trinajstić information content (AvgIpc) is 3.23. The van der Waals surface area contributed by atoms with E-state index in [1.165, 1.54) is 11.6 Å². The highest BCUT2D eigenvalue weighted by Gasteiger charge is 2.59. The number of rotatable bonds is 6. The van der Waals surface area contributed by atoms with Crippen molar-refractivity contribution in [2.45, 2.75) is 31.5 Å². The first kappa shape index (κ1) is 26.5. The Hall–Kier alpha value is -5.36. The van der Waals surface area contributed by atoms with Crippen molar-refractivity contribution < 1.29 is 9.66 Å². The summed E-state index contributed by atoms with van der Waals surface area (Å²) in [5, 5.41) is 11.5. The van der Waals surface area contributed by atoms with E-state index >= 15 is 0 Å². The lowest BCUT2D eigenvalue weighted by molar-refractivity contribution is -0.385. The minimum absolute atomic E-state index is 0.0669. The van der Waals surface area contributed by atoms with Gasteiger partial charge in [-0.05, 0) is 79.6 Å². The maximum Gasteiger partial charge on any atom is 0.270 e. The van der Waals surface area contributed by atoms with Crippen LogP contribution in [0.3, 0.4) is 0 Å². The van der Waals surface area contributed by atoms with Crippen molar-refractivity contribution in [1.82, 2.24) is 0 Å². The van der Waals surface area contributed by atoms with Gasteiger partial charge < -0.3 is 14.5 Å². The van der Waals surface area contributed by atoms with Gasteiger partial charge in [0.1, 0.15) is 5.75 Å². The number of ether oxygens (including phenoxy) is 1. The van der Waals surface area contributed by atoms with Crippen LogP contribution in [-0.4, -0.2) is 10.6 Å². The molecule has 0 aromatic heterocycles. The number of hydrogen-bond acceptors (Lipinski definition) is 5. The number of non-ortho nitro benzene ring substituents is 1. The number of para-hydroxylation sites is 3. The Balaban J connectivity index is 1.27. The van der Waals surface area contributed by atoms with Gasteiger partial charge in [0.2, 0.25) is 5.72 Å². The van der Waals surface area contributed by atoms with Crippen molar-refractivity contribution in [3.05, 3.63) is 160 Å². The molecule has 6 heteroatoms. The minimum atomic E-state index is -0.821. The van der Waals surface area contributed by atoms with Gasteiger partial charge in [-0.15, -0.1) is 0 Å². The average molecular weight is 566 g/mol. The molecule has 6 nitrogen and oxygen atoms in total. The predicted octanol–water partition coefficient (Wildman–Crippen LogP) is 9.16. The first-order valence-corrected chi connectivity index (χ1v) is 14.4. The van der Waals surface area contributed by atoms with Crippen LogP contribution in [0, 0.1) is 10.1 Å². The van der Waals surface area contributed by atoms with Crippen LogP contribution in [0.5, 0.6) is 5.75 Å². The molecule has 0 saturated carbocycles. The van der Waals surface area contributed by atoms with E-state index in [2.05, 4.69) is 127 Å². The van der Waals surface area contributed by atoms with Crippen LogP contribution in [0.4, 0.5) is 28.4 Å². The minimum Gasteiger partial charge on any atom is -0.463 e. The molecule has 0 bridgehead atoms. The molecule has 0 radical (unpaired) electrons. The maximum absolute atomic E-state index is 11.5. The molecule has 1 unspecified atom stereocenters. The number of anilines is 4. The second kappa shape index (κ2) is 10.2. The van der Waals surface area contributed by atoms with Gasteiger partial charge in [-0.25, -0.2) is 0 Å². The second-order valence-electron chi connectivity index (χ2n) is 11.5. The van der Waals surface area contributed by atoms with Crippen LogP contribution < -0.4 is 14.5 Å². The third-order valence-corrected chi connectivity index (χ3v) is 8.70. The van der Waals surface area contributed by atoms with E-state index in [0.717, 1.165) is 33.9 Å². The van der Waals surface area contributed by atoms with Crippen molar-refractivity contribution in [2.75, 3.05) is 9.80 Å². The normalized spacial score (nSPS) is 18.0. The van der Waals surface area contributed by atoms with Crippen LogP contribution >= 0.6 is 0 Å². The summed E-state index contributed by atoms with van der Waals surface area (Å²) in [6.45, 7) is 4.91. The van der Waals surface area contributed by atoms with Crippen LogP contribution in [0.25, 0.3) is 6.08 Å². The van der Waals surface area contributed by atoms with Gasteiger partial charge in [0.15, 0.2) is 0 Å². The van der Waals surface area contributed by atoms with Gasteiger partial charge in [-0.1, -0.05) is 72.8 Å². The summed E-state index contributed by atoms with van der Waals surface area (Å²) in [5.74, 6) is 0.670. The van der Waals surface area contributed by atoms with Crippen LogP contribution in [0.15, 0.2) is 133 Å². The van der Waals surface area contributed by atoms with E-state index < -0.39 is 11.1 Å². The Bertz CT molecular complexity index is 1800. The van der Waals surface area contributed by atoms with E-state index in [0.29, 0.717) is 12.3 Å². The lowest BCUT2D eigenvalue weighted by Crippen LogP contribution is -2.60.